The Hall–Kier alpha value is -1.66. The molecule has 0 spiro atoms. The zero-order chi connectivity index (χ0) is 15.0. The lowest BCUT2D eigenvalue weighted by Gasteiger charge is -2.07. The van der Waals surface area contributed by atoms with Gasteiger partial charge in [0.25, 0.3) is 0 Å². The molecule has 3 nitrogen and oxygen atoms in total. The van der Waals surface area contributed by atoms with E-state index in [0.29, 0.717) is 21.5 Å². The van der Waals surface area contributed by atoms with Gasteiger partial charge in [-0.1, -0.05) is 40.2 Å². The first kappa shape index (κ1) is 14.3. The normalized spacial score (nSPS) is 10.8. The molecule has 3 N–H and O–H groups in total. The average molecular weight is 411 g/mol. The summed E-state index contributed by atoms with van der Waals surface area (Å²) in [5, 5.41) is 6.95. The summed E-state index contributed by atoms with van der Waals surface area (Å²) in [6, 6.07) is 12.6. The van der Waals surface area contributed by atoms with Crippen LogP contribution >= 0.6 is 31.9 Å². The predicted octanol–water partition coefficient (Wildman–Crippen LogP) is 4.99. The first-order valence-electron chi connectivity index (χ1n) is 6.12. The summed E-state index contributed by atoms with van der Waals surface area (Å²) >= 11 is 6.71. The molecule has 6 heteroatoms. The Morgan fingerprint density at radius 3 is 2.62 bits per heavy atom. The Bertz CT molecular complexity index is 814. The number of nitrogens with one attached hydrogen (secondary N) is 1. The fraction of sp³-hybridized carbons (Fsp3) is 0. The minimum atomic E-state index is -0.333. The molecule has 0 atom stereocenters. The van der Waals surface area contributed by atoms with E-state index in [9.17, 15) is 4.39 Å². The van der Waals surface area contributed by atoms with Crippen molar-refractivity contribution >= 4 is 37.7 Å². The van der Waals surface area contributed by atoms with Gasteiger partial charge in [-0.3, -0.25) is 5.10 Å². The molecule has 0 amide bonds. The first-order chi connectivity index (χ1) is 10.1. The minimum absolute atomic E-state index is 0.333. The molecule has 0 aliphatic rings. The molecule has 0 unspecified atom stereocenters. The van der Waals surface area contributed by atoms with Gasteiger partial charge in [0.05, 0.1) is 15.7 Å². The van der Waals surface area contributed by atoms with Gasteiger partial charge in [0.2, 0.25) is 0 Å². The van der Waals surface area contributed by atoms with E-state index in [1.54, 1.807) is 6.07 Å². The highest BCUT2D eigenvalue weighted by atomic mass is 79.9. The molecule has 0 radical (unpaired) electrons. The number of rotatable bonds is 2. The summed E-state index contributed by atoms with van der Waals surface area (Å²) in [6.07, 6.45) is 0. The molecule has 0 aliphatic carbocycles. The molecule has 2 aromatic carbocycles. The SMILES string of the molecule is Nc1n[nH]c(-c2cccc(F)c2Br)c1-c1cccc(Br)c1. The third kappa shape index (κ3) is 2.61. The Balaban J connectivity index is 2.24. The van der Waals surface area contributed by atoms with Crippen LogP contribution in [0.4, 0.5) is 10.2 Å². The first-order valence-corrected chi connectivity index (χ1v) is 7.70. The van der Waals surface area contributed by atoms with Gasteiger partial charge in [-0.15, -0.1) is 0 Å². The van der Waals surface area contributed by atoms with Crippen molar-refractivity contribution in [1.29, 1.82) is 0 Å². The van der Waals surface area contributed by atoms with Gasteiger partial charge in [0.1, 0.15) is 5.82 Å². The molecule has 0 fully saturated rings. The van der Waals surface area contributed by atoms with Crippen LogP contribution in [0.3, 0.4) is 0 Å². The number of benzene rings is 2. The van der Waals surface area contributed by atoms with Crippen molar-refractivity contribution in [3.8, 4) is 22.4 Å². The fourth-order valence-corrected chi connectivity index (χ4v) is 3.05. The standard InChI is InChI=1S/C15H10Br2FN3/c16-9-4-1-3-8(7-9)12-14(20-21-15(12)19)10-5-2-6-11(18)13(10)17/h1-7H,(H3,19,20,21). The summed E-state index contributed by atoms with van der Waals surface area (Å²) in [5.41, 5.74) is 8.99. The number of nitrogens with zero attached hydrogens (tertiary/aromatic N) is 1. The van der Waals surface area contributed by atoms with E-state index < -0.39 is 0 Å². The molecule has 3 rings (SSSR count). The summed E-state index contributed by atoms with van der Waals surface area (Å²) in [5.74, 6) is 0.0418. The van der Waals surface area contributed by atoms with Crippen LogP contribution in [0.5, 0.6) is 0 Å². The van der Waals surface area contributed by atoms with E-state index >= 15 is 0 Å². The van der Waals surface area contributed by atoms with Gasteiger partial charge in [-0.2, -0.15) is 5.10 Å². The van der Waals surface area contributed by atoms with E-state index in [0.717, 1.165) is 15.6 Å². The summed E-state index contributed by atoms with van der Waals surface area (Å²) < 4.78 is 15.1. The van der Waals surface area contributed by atoms with Gasteiger partial charge in [-0.25, -0.2) is 4.39 Å². The van der Waals surface area contributed by atoms with Gasteiger partial charge in [0.15, 0.2) is 5.82 Å². The number of hydrogen-bond acceptors (Lipinski definition) is 2. The highest BCUT2D eigenvalue weighted by Gasteiger charge is 2.18. The molecule has 1 heterocycles. The number of H-pyrrole nitrogens is 1. The van der Waals surface area contributed by atoms with Crippen molar-refractivity contribution in [3.63, 3.8) is 0 Å². The van der Waals surface area contributed by atoms with Crippen LogP contribution in [0.25, 0.3) is 22.4 Å². The van der Waals surface area contributed by atoms with Crippen LogP contribution in [0.1, 0.15) is 0 Å². The highest BCUT2D eigenvalue weighted by molar-refractivity contribution is 9.10. The molecule has 0 aliphatic heterocycles. The smallest absolute Gasteiger partial charge is 0.153 e. The lowest BCUT2D eigenvalue weighted by molar-refractivity contribution is 0.621. The number of aromatic nitrogens is 2. The maximum Gasteiger partial charge on any atom is 0.153 e. The lowest BCUT2D eigenvalue weighted by atomic mass is 10.0. The van der Waals surface area contributed by atoms with Crippen LogP contribution < -0.4 is 5.73 Å². The van der Waals surface area contributed by atoms with Crippen molar-refractivity contribution < 1.29 is 4.39 Å². The second-order valence-corrected chi connectivity index (χ2v) is 6.18. The number of halogens is 3. The maximum atomic E-state index is 13.8. The topological polar surface area (TPSA) is 54.7 Å². The van der Waals surface area contributed by atoms with E-state index in [4.69, 9.17) is 5.73 Å². The van der Waals surface area contributed by atoms with Crippen molar-refractivity contribution in [2.45, 2.75) is 0 Å². The molecule has 106 valence electrons. The molecule has 3 aromatic rings. The third-order valence-electron chi connectivity index (χ3n) is 3.13. The zero-order valence-electron chi connectivity index (χ0n) is 10.7. The second kappa shape index (κ2) is 5.61. The Morgan fingerprint density at radius 2 is 1.86 bits per heavy atom. The summed E-state index contributed by atoms with van der Waals surface area (Å²) in [7, 11) is 0. The Morgan fingerprint density at radius 1 is 1.10 bits per heavy atom. The number of anilines is 1. The molecule has 0 saturated heterocycles. The summed E-state index contributed by atoms with van der Waals surface area (Å²) in [4.78, 5) is 0. The largest absolute Gasteiger partial charge is 0.382 e. The van der Waals surface area contributed by atoms with Crippen molar-refractivity contribution in [2.24, 2.45) is 0 Å². The van der Waals surface area contributed by atoms with E-state index in [2.05, 4.69) is 42.1 Å². The van der Waals surface area contributed by atoms with Crippen LogP contribution in [0.15, 0.2) is 51.4 Å². The van der Waals surface area contributed by atoms with Crippen LogP contribution in [0, 0.1) is 5.82 Å². The van der Waals surface area contributed by atoms with Crippen molar-refractivity contribution in [3.05, 3.63) is 57.2 Å². The Kier molecular flexibility index (Phi) is 3.82. The van der Waals surface area contributed by atoms with Gasteiger partial charge >= 0.3 is 0 Å². The van der Waals surface area contributed by atoms with Crippen molar-refractivity contribution in [2.75, 3.05) is 5.73 Å². The van der Waals surface area contributed by atoms with E-state index in [1.807, 2.05) is 30.3 Å². The summed E-state index contributed by atoms with van der Waals surface area (Å²) in [6.45, 7) is 0. The van der Waals surface area contributed by atoms with E-state index in [-0.39, 0.29) is 5.82 Å². The number of nitrogen functional groups attached to an aromatic ring is 1. The lowest BCUT2D eigenvalue weighted by Crippen LogP contribution is -1.90. The maximum absolute atomic E-state index is 13.8. The highest BCUT2D eigenvalue weighted by Crippen LogP contribution is 2.39. The predicted molar refractivity (Wildman–Crippen MR) is 89.2 cm³/mol. The number of aromatic amines is 1. The number of nitrogens with two attached hydrogens (primary N) is 1. The molecule has 0 bridgehead atoms. The molecule has 21 heavy (non-hydrogen) atoms. The van der Waals surface area contributed by atoms with E-state index in [1.165, 1.54) is 6.07 Å². The molecule has 1 aromatic heterocycles. The fourth-order valence-electron chi connectivity index (χ4n) is 2.18. The second-order valence-electron chi connectivity index (χ2n) is 4.47. The van der Waals surface area contributed by atoms with Crippen LogP contribution in [-0.4, -0.2) is 10.2 Å². The third-order valence-corrected chi connectivity index (χ3v) is 4.43. The van der Waals surface area contributed by atoms with Crippen molar-refractivity contribution in [1.82, 2.24) is 10.2 Å². The van der Waals surface area contributed by atoms with Crippen LogP contribution in [0.2, 0.25) is 0 Å². The minimum Gasteiger partial charge on any atom is -0.382 e. The van der Waals surface area contributed by atoms with Gasteiger partial charge < -0.3 is 5.73 Å². The number of hydrogen-bond donors (Lipinski definition) is 2. The zero-order valence-corrected chi connectivity index (χ0v) is 13.9. The quantitative estimate of drug-likeness (QED) is 0.625. The molecular weight excluding hydrogens is 401 g/mol. The molecule has 0 saturated carbocycles. The molecular formula is C15H10Br2FN3. The monoisotopic (exact) mass is 409 g/mol. The Labute approximate surface area is 137 Å². The van der Waals surface area contributed by atoms with Gasteiger partial charge in [-0.05, 0) is 39.7 Å². The van der Waals surface area contributed by atoms with Gasteiger partial charge in [0, 0.05) is 10.0 Å². The van der Waals surface area contributed by atoms with Crippen LogP contribution in [-0.2, 0) is 0 Å². The average Bonchev–Trinajstić information content (AvgIpc) is 2.83.